The zero-order valence-corrected chi connectivity index (χ0v) is 8.76. The van der Waals surface area contributed by atoms with Crippen LogP contribution >= 0.6 is 0 Å². The predicted molar refractivity (Wildman–Crippen MR) is 60.7 cm³/mol. The molecule has 1 unspecified atom stereocenters. The molecule has 0 bridgehead atoms. The van der Waals surface area contributed by atoms with Gasteiger partial charge >= 0.3 is 5.97 Å². The third-order valence-electron chi connectivity index (χ3n) is 2.88. The number of hydrogen-bond donors (Lipinski definition) is 1. The minimum Gasteiger partial charge on any atom is -0.481 e. The molecule has 1 aliphatic rings. The average molecular weight is 216 g/mol. The highest BCUT2D eigenvalue weighted by atomic mass is 16.4. The van der Waals surface area contributed by atoms with E-state index in [9.17, 15) is 4.79 Å². The molecule has 0 spiro atoms. The molecule has 1 N–H and O–H groups in total. The number of rotatable bonds is 2. The van der Waals surface area contributed by atoms with Gasteiger partial charge in [0.1, 0.15) is 0 Å². The van der Waals surface area contributed by atoms with E-state index >= 15 is 0 Å². The molecule has 82 valence electrons. The van der Waals surface area contributed by atoms with Crippen LogP contribution in [0.5, 0.6) is 0 Å². The smallest absolute Gasteiger partial charge is 0.308 e. The predicted octanol–water partition coefficient (Wildman–Crippen LogP) is 2.15. The Kier molecular flexibility index (Phi) is 2.78. The molecule has 1 aliphatic heterocycles. The first-order valence-electron chi connectivity index (χ1n) is 5.16. The van der Waals surface area contributed by atoms with Gasteiger partial charge in [0.15, 0.2) is 5.69 Å². The number of carboxylic acids is 1. The number of aliphatic carboxylic acids is 1. The molecule has 1 saturated heterocycles. The Morgan fingerprint density at radius 2 is 2.12 bits per heavy atom. The summed E-state index contributed by atoms with van der Waals surface area (Å²) in [6, 6.07) is 7.27. The second kappa shape index (κ2) is 4.23. The summed E-state index contributed by atoms with van der Waals surface area (Å²) in [6.45, 7) is 8.18. The highest BCUT2D eigenvalue weighted by Gasteiger charge is 2.27. The van der Waals surface area contributed by atoms with Crippen molar-refractivity contribution < 1.29 is 9.90 Å². The topological polar surface area (TPSA) is 44.9 Å². The Morgan fingerprint density at radius 1 is 1.44 bits per heavy atom. The third-order valence-corrected chi connectivity index (χ3v) is 2.88. The van der Waals surface area contributed by atoms with E-state index in [1.165, 1.54) is 0 Å². The molecule has 4 heteroatoms. The van der Waals surface area contributed by atoms with Gasteiger partial charge < -0.3 is 10.0 Å². The number of anilines is 1. The molecule has 1 fully saturated rings. The maximum atomic E-state index is 10.8. The van der Waals surface area contributed by atoms with Crippen molar-refractivity contribution in [3.63, 3.8) is 0 Å². The van der Waals surface area contributed by atoms with Crippen LogP contribution < -0.4 is 4.90 Å². The van der Waals surface area contributed by atoms with Crippen molar-refractivity contribution in [3.8, 4) is 0 Å². The molecule has 1 heterocycles. The molecule has 1 aromatic carbocycles. The van der Waals surface area contributed by atoms with E-state index in [0.29, 0.717) is 18.7 Å². The van der Waals surface area contributed by atoms with Gasteiger partial charge in [-0.2, -0.15) is 0 Å². The summed E-state index contributed by atoms with van der Waals surface area (Å²) in [5.41, 5.74) is 1.61. The lowest BCUT2D eigenvalue weighted by molar-refractivity contribution is -0.140. The summed E-state index contributed by atoms with van der Waals surface area (Å²) in [5.74, 6) is -0.985. The molecule has 0 amide bonds. The van der Waals surface area contributed by atoms with Crippen molar-refractivity contribution in [3.05, 3.63) is 35.7 Å². The Bertz CT molecular complexity index is 433. The Hall–Kier alpha value is -2.02. The first-order valence-corrected chi connectivity index (χ1v) is 5.16. The van der Waals surface area contributed by atoms with Crippen molar-refractivity contribution in [1.29, 1.82) is 0 Å². The van der Waals surface area contributed by atoms with E-state index in [2.05, 4.69) is 4.85 Å². The lowest BCUT2D eigenvalue weighted by Gasteiger charge is -2.17. The van der Waals surface area contributed by atoms with Crippen LogP contribution in [-0.2, 0) is 4.79 Å². The zero-order valence-electron chi connectivity index (χ0n) is 8.76. The molecule has 0 radical (unpaired) electrons. The number of nitrogens with zero attached hydrogens (tertiary/aromatic N) is 2. The monoisotopic (exact) mass is 216 g/mol. The van der Waals surface area contributed by atoms with Crippen LogP contribution in [0.2, 0.25) is 0 Å². The van der Waals surface area contributed by atoms with Crippen LogP contribution in [0, 0.1) is 12.5 Å². The van der Waals surface area contributed by atoms with Gasteiger partial charge in [-0.25, -0.2) is 4.85 Å². The normalized spacial score (nSPS) is 19.4. The van der Waals surface area contributed by atoms with Gasteiger partial charge in [-0.3, -0.25) is 4.79 Å². The van der Waals surface area contributed by atoms with Gasteiger partial charge in [-0.05, 0) is 18.6 Å². The average Bonchev–Trinajstić information content (AvgIpc) is 2.78. The van der Waals surface area contributed by atoms with Gasteiger partial charge in [0.2, 0.25) is 0 Å². The van der Waals surface area contributed by atoms with E-state index in [0.717, 1.165) is 12.2 Å². The van der Waals surface area contributed by atoms with E-state index < -0.39 is 5.97 Å². The van der Waals surface area contributed by atoms with Gasteiger partial charge in [0.25, 0.3) is 0 Å². The number of hydrogen-bond acceptors (Lipinski definition) is 2. The van der Waals surface area contributed by atoms with Crippen LogP contribution in [0.25, 0.3) is 4.85 Å². The minimum atomic E-state index is -0.722. The molecule has 0 aromatic heterocycles. The SMILES string of the molecule is [C-]#[N+]c1ccc(N2CCC(C(=O)O)C2)cc1. The quantitative estimate of drug-likeness (QED) is 0.770. The van der Waals surface area contributed by atoms with Gasteiger partial charge in [0.05, 0.1) is 12.5 Å². The van der Waals surface area contributed by atoms with E-state index in [1.54, 1.807) is 12.1 Å². The fraction of sp³-hybridized carbons (Fsp3) is 0.333. The van der Waals surface area contributed by atoms with Gasteiger partial charge in [-0.15, -0.1) is 0 Å². The zero-order chi connectivity index (χ0) is 11.5. The van der Waals surface area contributed by atoms with Crippen LogP contribution in [0.4, 0.5) is 11.4 Å². The lowest BCUT2D eigenvalue weighted by Crippen LogP contribution is -2.22. The summed E-state index contributed by atoms with van der Waals surface area (Å²) < 4.78 is 0. The second-order valence-corrected chi connectivity index (χ2v) is 3.90. The molecular weight excluding hydrogens is 204 g/mol. The van der Waals surface area contributed by atoms with Crippen LogP contribution in [-0.4, -0.2) is 24.2 Å². The summed E-state index contributed by atoms with van der Waals surface area (Å²) in [7, 11) is 0. The van der Waals surface area contributed by atoms with Crippen LogP contribution in [0.15, 0.2) is 24.3 Å². The van der Waals surface area contributed by atoms with E-state index in [-0.39, 0.29) is 5.92 Å². The Balaban J connectivity index is 2.09. The largest absolute Gasteiger partial charge is 0.481 e. The van der Waals surface area contributed by atoms with Crippen molar-refractivity contribution in [2.45, 2.75) is 6.42 Å². The Labute approximate surface area is 93.9 Å². The molecule has 2 rings (SSSR count). The summed E-state index contributed by atoms with van der Waals surface area (Å²) >= 11 is 0. The Morgan fingerprint density at radius 3 is 2.62 bits per heavy atom. The van der Waals surface area contributed by atoms with Crippen molar-refractivity contribution in [1.82, 2.24) is 0 Å². The number of carboxylic acid groups (broad SMARTS) is 1. The third kappa shape index (κ3) is 1.98. The van der Waals surface area contributed by atoms with E-state index in [4.69, 9.17) is 11.7 Å². The van der Waals surface area contributed by atoms with Crippen LogP contribution in [0.3, 0.4) is 0 Å². The molecule has 1 atom stereocenters. The van der Waals surface area contributed by atoms with Crippen molar-refractivity contribution in [2.75, 3.05) is 18.0 Å². The maximum Gasteiger partial charge on any atom is 0.308 e. The lowest BCUT2D eigenvalue weighted by atomic mass is 10.1. The summed E-state index contributed by atoms with van der Waals surface area (Å²) in [5, 5.41) is 8.89. The molecule has 4 nitrogen and oxygen atoms in total. The van der Waals surface area contributed by atoms with Crippen molar-refractivity contribution in [2.24, 2.45) is 5.92 Å². The molecule has 0 saturated carbocycles. The minimum absolute atomic E-state index is 0.263. The molecule has 0 aliphatic carbocycles. The molecule has 1 aromatic rings. The highest BCUT2D eigenvalue weighted by Crippen LogP contribution is 2.25. The first kappa shape index (κ1) is 10.5. The highest BCUT2D eigenvalue weighted by molar-refractivity contribution is 5.72. The fourth-order valence-electron chi connectivity index (χ4n) is 1.93. The standard InChI is InChI=1S/C12H12N2O2/c1-13-10-2-4-11(5-3-10)14-7-6-9(8-14)12(15)16/h2-5,9H,6-8H2,(H,15,16). The van der Waals surface area contributed by atoms with E-state index in [1.807, 2.05) is 17.0 Å². The first-order chi connectivity index (χ1) is 7.70. The van der Waals surface area contributed by atoms with Gasteiger partial charge in [0, 0.05) is 18.8 Å². The van der Waals surface area contributed by atoms with Gasteiger partial charge in [-0.1, -0.05) is 12.1 Å². The number of carbonyl (C=O) groups is 1. The fourth-order valence-corrected chi connectivity index (χ4v) is 1.93. The van der Waals surface area contributed by atoms with Crippen molar-refractivity contribution >= 4 is 17.3 Å². The molecular formula is C12H12N2O2. The number of benzene rings is 1. The second-order valence-electron chi connectivity index (χ2n) is 3.90. The summed E-state index contributed by atoms with van der Waals surface area (Å²) in [4.78, 5) is 16.2. The van der Waals surface area contributed by atoms with Crippen LogP contribution in [0.1, 0.15) is 6.42 Å². The maximum absolute atomic E-state index is 10.8. The molecule has 16 heavy (non-hydrogen) atoms. The summed E-state index contributed by atoms with van der Waals surface area (Å²) in [6.07, 6.45) is 0.694.